The molecule has 1 aliphatic rings. The molecule has 2 aromatic carbocycles. The molecule has 0 radical (unpaired) electrons. The average Bonchev–Trinajstić information content (AvgIpc) is 3.85. The number of likely N-dealkylation sites (N-methyl/N-ethyl adjacent to an activating group) is 1. The number of aliphatic imine (C=N–C) groups is 1. The molecule has 21 heteroatoms. The number of hydrogen-bond acceptors (Lipinski definition) is 11. The first-order valence-corrected chi connectivity index (χ1v) is 23.4. The van der Waals surface area contributed by atoms with Crippen molar-refractivity contribution in [3.05, 3.63) is 83.9 Å². The van der Waals surface area contributed by atoms with Gasteiger partial charge in [0, 0.05) is 51.3 Å². The number of imidazole rings is 1. The van der Waals surface area contributed by atoms with Crippen LogP contribution in [0.25, 0.3) is 0 Å². The Hall–Kier alpha value is -7.03. The van der Waals surface area contributed by atoms with Crippen molar-refractivity contribution in [1.29, 1.82) is 0 Å². The van der Waals surface area contributed by atoms with Gasteiger partial charge in [-0.05, 0) is 67.2 Å². The predicted octanol–water partition coefficient (Wildman–Crippen LogP) is 0.458. The average molecular weight is 959 g/mol. The number of carboxylic acid groups (broad SMARTS) is 1. The van der Waals surface area contributed by atoms with Gasteiger partial charge >= 0.3 is 5.97 Å². The lowest BCUT2D eigenvalue weighted by molar-refractivity contribution is -0.147. The van der Waals surface area contributed by atoms with Gasteiger partial charge in [0.25, 0.3) is 0 Å². The molecule has 1 aliphatic heterocycles. The quantitative estimate of drug-likeness (QED) is 0.0314. The van der Waals surface area contributed by atoms with Crippen molar-refractivity contribution in [2.24, 2.45) is 34.0 Å². The second-order valence-corrected chi connectivity index (χ2v) is 18.0. The van der Waals surface area contributed by atoms with Crippen molar-refractivity contribution < 1.29 is 43.8 Å². The Morgan fingerprint density at radius 3 is 2.13 bits per heavy atom. The van der Waals surface area contributed by atoms with Crippen LogP contribution < -0.4 is 38.5 Å². The van der Waals surface area contributed by atoms with E-state index >= 15 is 0 Å². The summed E-state index contributed by atoms with van der Waals surface area (Å²) in [7, 11) is 1.42. The maximum absolute atomic E-state index is 14.7. The SMILES string of the molecule is CC[C@H](C)[C@H](NC(=O)[C@H](Cc1ccc(O)cc1)N(C)C(=O)[C@@H](NC(=O)[C@@H](N)CCCN=C(N)N)C(C)C)C(=O)N[C@@H](Cc1cnc[nH]1)C(=O)N1CCCC[C@@H]1C(=O)N[C@@H](Cc1ccccc1)C(=O)O. The number of phenolic OH excluding ortho intramolecular Hbond substituents is 1. The van der Waals surface area contributed by atoms with Crippen LogP contribution in [-0.4, -0.2) is 140 Å². The van der Waals surface area contributed by atoms with Gasteiger partial charge in [-0.3, -0.25) is 33.8 Å². The number of guanidine groups is 1. The summed E-state index contributed by atoms with van der Waals surface area (Å²) in [4.78, 5) is 111. The number of amides is 6. The second-order valence-electron chi connectivity index (χ2n) is 18.0. The molecule has 69 heavy (non-hydrogen) atoms. The summed E-state index contributed by atoms with van der Waals surface area (Å²) in [6.07, 6.45) is 5.28. The summed E-state index contributed by atoms with van der Waals surface area (Å²) >= 11 is 0. The molecule has 0 saturated carbocycles. The Morgan fingerprint density at radius 1 is 0.855 bits per heavy atom. The third-order valence-electron chi connectivity index (χ3n) is 12.4. The molecule has 1 aromatic heterocycles. The first kappa shape index (κ1) is 54.6. The molecule has 0 bridgehead atoms. The van der Waals surface area contributed by atoms with Gasteiger partial charge in [-0.25, -0.2) is 9.78 Å². The van der Waals surface area contributed by atoms with Crippen LogP contribution in [0.2, 0.25) is 0 Å². The highest BCUT2D eigenvalue weighted by molar-refractivity contribution is 5.97. The Bertz CT molecular complexity index is 2200. The number of likely N-dealkylation sites (tertiary alicyclic amines) is 1. The lowest BCUT2D eigenvalue weighted by Gasteiger charge is -2.38. The number of aliphatic carboxylic acids is 1. The molecular weight excluding hydrogens is 889 g/mol. The van der Waals surface area contributed by atoms with E-state index in [-0.39, 0.29) is 56.9 Å². The molecule has 4 rings (SSSR count). The number of hydrogen-bond donors (Lipinski definition) is 10. The summed E-state index contributed by atoms with van der Waals surface area (Å²) in [6.45, 7) is 7.47. The van der Waals surface area contributed by atoms with E-state index < -0.39 is 95.5 Å². The summed E-state index contributed by atoms with van der Waals surface area (Å²) in [5, 5.41) is 31.2. The maximum Gasteiger partial charge on any atom is 0.326 e. The lowest BCUT2D eigenvalue weighted by atomic mass is 9.95. The number of piperidine rings is 1. The monoisotopic (exact) mass is 959 g/mol. The van der Waals surface area contributed by atoms with Gasteiger partial charge in [0.2, 0.25) is 35.4 Å². The van der Waals surface area contributed by atoms with Gasteiger partial charge in [0.15, 0.2) is 5.96 Å². The van der Waals surface area contributed by atoms with Gasteiger partial charge in [0.05, 0.1) is 12.4 Å². The molecule has 2 heterocycles. The Labute approximate surface area is 402 Å². The minimum absolute atomic E-state index is 0.0156. The standard InChI is InChI=1S/C48H70N12O9/c1-6-29(4)40(58-43(64)38(24-31-17-19-33(61)20-18-31)59(5)46(67)39(28(2)3)57-41(62)34(49)15-12-21-53-48(50)51)44(65)55-35(25-32-26-52-27-54-32)45(66)60-22-11-10-16-37(60)42(63)56-36(47(68)69)23-30-13-8-7-9-14-30/h7-9,13-14,17-20,26-29,34-40,61H,6,10-12,15-16,21-25,49H2,1-5H3,(H,52,54)(H,55,65)(H,56,63)(H,57,62)(H,58,64)(H,68,69)(H4,50,51,53)/t29-,34-,35-,36-,37+,38-,39-,40-/m0/s1. The summed E-state index contributed by atoms with van der Waals surface area (Å²) in [6, 6.07) is 6.79. The molecule has 3 aromatic rings. The number of carbonyl (C=O) groups is 7. The second kappa shape index (κ2) is 26.5. The highest BCUT2D eigenvalue weighted by Crippen LogP contribution is 2.22. The molecule has 6 amide bonds. The van der Waals surface area contributed by atoms with Crippen LogP contribution in [0.3, 0.4) is 0 Å². The fourth-order valence-electron chi connectivity index (χ4n) is 8.07. The van der Waals surface area contributed by atoms with E-state index in [0.717, 1.165) is 0 Å². The number of nitrogens with one attached hydrogen (secondary N) is 5. The summed E-state index contributed by atoms with van der Waals surface area (Å²) in [5.74, 6) is -6.13. The number of carboxylic acids is 1. The molecule has 8 atom stereocenters. The minimum Gasteiger partial charge on any atom is -0.508 e. The number of aromatic hydroxyl groups is 1. The van der Waals surface area contributed by atoms with Crippen molar-refractivity contribution in [1.82, 2.24) is 41.0 Å². The molecular formula is C48H70N12O9. The molecule has 13 N–H and O–H groups in total. The van der Waals surface area contributed by atoms with E-state index in [1.807, 2.05) is 6.92 Å². The first-order chi connectivity index (χ1) is 32.8. The van der Waals surface area contributed by atoms with Gasteiger partial charge < -0.3 is 63.5 Å². The van der Waals surface area contributed by atoms with Gasteiger partial charge in [0.1, 0.15) is 42.0 Å². The van der Waals surface area contributed by atoms with E-state index in [9.17, 15) is 43.8 Å². The van der Waals surface area contributed by atoms with E-state index in [0.29, 0.717) is 42.5 Å². The van der Waals surface area contributed by atoms with Crippen LogP contribution in [0.15, 0.2) is 72.1 Å². The maximum atomic E-state index is 14.7. The number of H-pyrrole nitrogens is 1. The summed E-state index contributed by atoms with van der Waals surface area (Å²) < 4.78 is 0. The topological polar surface area (TPSA) is 334 Å². The zero-order chi connectivity index (χ0) is 50.8. The Kier molecular flexibility index (Phi) is 21.0. The molecule has 1 saturated heterocycles. The molecule has 0 unspecified atom stereocenters. The van der Waals surface area contributed by atoms with Crippen molar-refractivity contribution in [2.75, 3.05) is 20.1 Å². The zero-order valence-electron chi connectivity index (χ0n) is 40.1. The van der Waals surface area contributed by atoms with Crippen LogP contribution in [0.5, 0.6) is 5.75 Å². The van der Waals surface area contributed by atoms with Crippen molar-refractivity contribution in [2.45, 2.75) is 128 Å². The van der Waals surface area contributed by atoms with Crippen molar-refractivity contribution in [3.63, 3.8) is 0 Å². The van der Waals surface area contributed by atoms with Crippen molar-refractivity contribution >= 4 is 47.4 Å². The third kappa shape index (κ3) is 16.3. The highest BCUT2D eigenvalue weighted by atomic mass is 16.4. The lowest BCUT2D eigenvalue weighted by Crippen LogP contribution is -2.62. The number of nitrogens with two attached hydrogens (primary N) is 3. The summed E-state index contributed by atoms with van der Waals surface area (Å²) in [5.41, 5.74) is 18.7. The van der Waals surface area contributed by atoms with E-state index in [1.165, 1.54) is 41.5 Å². The van der Waals surface area contributed by atoms with Crippen LogP contribution in [0.1, 0.15) is 83.0 Å². The number of aromatic nitrogens is 2. The highest BCUT2D eigenvalue weighted by Gasteiger charge is 2.41. The Morgan fingerprint density at radius 2 is 1.52 bits per heavy atom. The fourth-order valence-corrected chi connectivity index (χ4v) is 8.07. The zero-order valence-corrected chi connectivity index (χ0v) is 40.1. The Balaban J connectivity index is 1.60. The number of benzene rings is 2. The predicted molar refractivity (Wildman–Crippen MR) is 258 cm³/mol. The van der Waals surface area contributed by atoms with Gasteiger partial charge in [-0.2, -0.15) is 0 Å². The van der Waals surface area contributed by atoms with Crippen LogP contribution >= 0.6 is 0 Å². The van der Waals surface area contributed by atoms with Crippen LogP contribution in [-0.2, 0) is 52.8 Å². The van der Waals surface area contributed by atoms with Crippen LogP contribution in [0.4, 0.5) is 0 Å². The minimum atomic E-state index is -1.27. The normalized spacial score (nSPS) is 16.6. The molecule has 21 nitrogen and oxygen atoms in total. The van der Waals surface area contributed by atoms with E-state index in [2.05, 4.69) is 36.2 Å². The molecule has 1 fully saturated rings. The largest absolute Gasteiger partial charge is 0.508 e. The first-order valence-electron chi connectivity index (χ1n) is 23.4. The smallest absolute Gasteiger partial charge is 0.326 e. The number of aromatic amines is 1. The molecule has 376 valence electrons. The number of phenols is 1. The fraction of sp³-hybridized carbons (Fsp3) is 0.521. The third-order valence-corrected chi connectivity index (χ3v) is 12.4. The van der Waals surface area contributed by atoms with E-state index in [1.54, 1.807) is 63.2 Å². The number of rotatable bonds is 25. The number of carbonyl (C=O) groups excluding carboxylic acids is 6. The number of nitrogens with zero attached hydrogens (tertiary/aromatic N) is 4. The molecule has 0 spiro atoms. The van der Waals surface area contributed by atoms with Crippen LogP contribution in [0, 0.1) is 11.8 Å². The van der Waals surface area contributed by atoms with Crippen molar-refractivity contribution in [3.8, 4) is 5.75 Å². The van der Waals surface area contributed by atoms with E-state index in [4.69, 9.17) is 17.2 Å². The van der Waals surface area contributed by atoms with Gasteiger partial charge in [-0.1, -0.05) is 76.6 Å². The molecule has 0 aliphatic carbocycles. The van der Waals surface area contributed by atoms with Gasteiger partial charge in [-0.15, -0.1) is 0 Å².